The lowest BCUT2D eigenvalue weighted by molar-refractivity contribution is -0.385. The first-order chi connectivity index (χ1) is 9.86. The highest BCUT2D eigenvalue weighted by atomic mass is 35.5. The smallest absolute Gasteiger partial charge is 0.272 e. The van der Waals surface area contributed by atoms with E-state index in [-0.39, 0.29) is 16.7 Å². The number of hydrogen-bond acceptors (Lipinski definition) is 4. The summed E-state index contributed by atoms with van der Waals surface area (Å²) in [6.45, 7) is 3.35. The summed E-state index contributed by atoms with van der Waals surface area (Å²) >= 11 is 5.81. The third kappa shape index (κ3) is 3.55. The van der Waals surface area contributed by atoms with Gasteiger partial charge in [-0.1, -0.05) is 11.6 Å². The van der Waals surface area contributed by atoms with E-state index in [4.69, 9.17) is 11.6 Å². The molecule has 0 saturated heterocycles. The van der Waals surface area contributed by atoms with Crippen LogP contribution in [-0.2, 0) is 0 Å². The van der Waals surface area contributed by atoms with Gasteiger partial charge < -0.3 is 5.32 Å². The highest BCUT2D eigenvalue weighted by Gasteiger charge is 2.13. The van der Waals surface area contributed by atoms with Crippen molar-refractivity contribution in [3.63, 3.8) is 0 Å². The number of carbonyl (C=O) groups is 1. The number of benzene rings is 1. The van der Waals surface area contributed by atoms with Crippen LogP contribution in [0.4, 0.5) is 11.4 Å². The normalized spacial score (nSPS) is 10.2. The second-order valence-electron chi connectivity index (χ2n) is 4.53. The Balaban J connectivity index is 2.23. The fourth-order valence-corrected chi connectivity index (χ4v) is 2.15. The number of aromatic nitrogens is 1. The quantitative estimate of drug-likeness (QED) is 0.534. The van der Waals surface area contributed by atoms with Crippen molar-refractivity contribution < 1.29 is 9.72 Å². The summed E-state index contributed by atoms with van der Waals surface area (Å²) in [5.74, 6) is -0.351. The van der Waals surface area contributed by atoms with Gasteiger partial charge in [0.2, 0.25) is 0 Å². The average molecular weight is 306 g/mol. The molecule has 0 atom stereocenters. The molecule has 0 spiro atoms. The molecule has 1 heterocycles. The van der Waals surface area contributed by atoms with Crippen LogP contribution in [0.25, 0.3) is 0 Å². The Labute approximate surface area is 125 Å². The van der Waals surface area contributed by atoms with Gasteiger partial charge >= 0.3 is 0 Å². The summed E-state index contributed by atoms with van der Waals surface area (Å²) in [6, 6.07) is 7.46. The van der Waals surface area contributed by atoms with Gasteiger partial charge in [0.15, 0.2) is 0 Å². The number of anilines is 1. The summed E-state index contributed by atoms with van der Waals surface area (Å²) in [6.07, 6.45) is 0. The third-order valence-electron chi connectivity index (χ3n) is 2.84. The molecule has 21 heavy (non-hydrogen) atoms. The summed E-state index contributed by atoms with van der Waals surface area (Å²) in [5.41, 5.74) is 1.97. The van der Waals surface area contributed by atoms with Crippen molar-refractivity contribution in [1.82, 2.24) is 4.98 Å². The summed E-state index contributed by atoms with van der Waals surface area (Å²) in [4.78, 5) is 26.4. The van der Waals surface area contributed by atoms with Gasteiger partial charge in [0.1, 0.15) is 5.15 Å². The molecule has 7 heteroatoms. The Morgan fingerprint density at radius 3 is 2.57 bits per heavy atom. The number of carbonyl (C=O) groups excluding carboxylic acids is 1. The minimum absolute atomic E-state index is 0.01000. The number of halogens is 1. The van der Waals surface area contributed by atoms with Crippen LogP contribution in [0.1, 0.15) is 21.6 Å². The van der Waals surface area contributed by atoms with Crippen LogP contribution in [0.2, 0.25) is 5.15 Å². The molecule has 1 aromatic heterocycles. The SMILES string of the molecule is Cc1cc(C(=O)Nc2ccc([N+](=O)[O-])c(C)c2)cc(Cl)n1. The number of nitro groups is 1. The first-order valence-electron chi connectivity index (χ1n) is 6.07. The fraction of sp³-hybridized carbons (Fsp3) is 0.143. The van der Waals surface area contributed by atoms with Crippen molar-refractivity contribution in [2.24, 2.45) is 0 Å². The van der Waals surface area contributed by atoms with Crippen molar-refractivity contribution in [2.45, 2.75) is 13.8 Å². The molecule has 0 unspecified atom stereocenters. The Kier molecular flexibility index (Phi) is 4.18. The molecule has 0 aliphatic rings. The van der Waals surface area contributed by atoms with E-state index in [0.717, 1.165) is 0 Å². The highest BCUT2D eigenvalue weighted by Crippen LogP contribution is 2.22. The van der Waals surface area contributed by atoms with Crippen LogP contribution in [0.3, 0.4) is 0 Å². The number of rotatable bonds is 3. The Bertz CT molecular complexity index is 711. The van der Waals surface area contributed by atoms with Crippen LogP contribution >= 0.6 is 11.6 Å². The molecule has 0 aliphatic carbocycles. The molecular formula is C14H12ClN3O3. The van der Waals surface area contributed by atoms with Gasteiger partial charge in [-0.15, -0.1) is 0 Å². The molecule has 0 saturated carbocycles. The zero-order chi connectivity index (χ0) is 15.6. The van der Waals surface area contributed by atoms with Crippen molar-refractivity contribution in [1.29, 1.82) is 0 Å². The number of nitro benzene ring substituents is 1. The van der Waals surface area contributed by atoms with Crippen molar-refractivity contribution in [3.8, 4) is 0 Å². The summed E-state index contributed by atoms with van der Waals surface area (Å²) in [5, 5.41) is 13.7. The van der Waals surface area contributed by atoms with E-state index in [1.807, 2.05) is 0 Å². The van der Waals surface area contributed by atoms with E-state index < -0.39 is 4.92 Å². The highest BCUT2D eigenvalue weighted by molar-refractivity contribution is 6.29. The van der Waals surface area contributed by atoms with Crippen molar-refractivity contribution in [2.75, 3.05) is 5.32 Å². The maximum absolute atomic E-state index is 12.1. The molecule has 2 rings (SSSR count). The number of hydrogen-bond donors (Lipinski definition) is 1. The van der Waals surface area contributed by atoms with Gasteiger partial charge in [-0.3, -0.25) is 14.9 Å². The molecule has 0 aliphatic heterocycles. The molecule has 108 valence electrons. The summed E-state index contributed by atoms with van der Waals surface area (Å²) < 4.78 is 0. The maximum Gasteiger partial charge on any atom is 0.272 e. The van der Waals surface area contributed by atoms with Crippen LogP contribution in [0.5, 0.6) is 0 Å². The van der Waals surface area contributed by atoms with E-state index in [1.165, 1.54) is 18.2 Å². The van der Waals surface area contributed by atoms with Gasteiger partial charge in [-0.05, 0) is 38.1 Å². The minimum Gasteiger partial charge on any atom is -0.322 e. The Morgan fingerprint density at radius 2 is 2.00 bits per heavy atom. The molecule has 1 N–H and O–H groups in total. The Morgan fingerprint density at radius 1 is 1.29 bits per heavy atom. The molecule has 0 radical (unpaired) electrons. The second-order valence-corrected chi connectivity index (χ2v) is 4.92. The number of aryl methyl sites for hydroxylation is 2. The second kappa shape index (κ2) is 5.88. The van der Waals surface area contributed by atoms with E-state index in [1.54, 1.807) is 26.0 Å². The van der Waals surface area contributed by atoms with E-state index in [2.05, 4.69) is 10.3 Å². The molecule has 1 amide bonds. The third-order valence-corrected chi connectivity index (χ3v) is 3.03. The standard InChI is InChI=1S/C14H12ClN3O3/c1-8-5-11(3-4-12(8)18(20)21)17-14(19)10-6-9(2)16-13(15)7-10/h3-7H,1-2H3,(H,17,19). The maximum atomic E-state index is 12.1. The van der Waals surface area contributed by atoms with E-state index in [9.17, 15) is 14.9 Å². The van der Waals surface area contributed by atoms with E-state index >= 15 is 0 Å². The lowest BCUT2D eigenvalue weighted by Gasteiger charge is -2.07. The zero-order valence-electron chi connectivity index (χ0n) is 11.4. The Hall–Kier alpha value is -2.47. The van der Waals surface area contributed by atoms with Crippen molar-refractivity contribution in [3.05, 3.63) is 62.4 Å². The molecule has 6 nitrogen and oxygen atoms in total. The number of pyridine rings is 1. The molecular weight excluding hydrogens is 294 g/mol. The van der Waals surface area contributed by atoms with E-state index in [0.29, 0.717) is 22.5 Å². The monoisotopic (exact) mass is 305 g/mol. The van der Waals surface area contributed by atoms with Gasteiger partial charge in [0.05, 0.1) is 4.92 Å². The van der Waals surface area contributed by atoms with Crippen LogP contribution in [0.15, 0.2) is 30.3 Å². The first-order valence-corrected chi connectivity index (χ1v) is 6.45. The topological polar surface area (TPSA) is 85.1 Å². The largest absolute Gasteiger partial charge is 0.322 e. The van der Waals surface area contributed by atoms with Gasteiger partial charge in [-0.2, -0.15) is 0 Å². The minimum atomic E-state index is -0.465. The lowest BCUT2D eigenvalue weighted by atomic mass is 10.1. The predicted octanol–water partition coefficient (Wildman–Crippen LogP) is 3.51. The number of nitrogens with zero attached hydrogens (tertiary/aromatic N) is 2. The van der Waals surface area contributed by atoms with Gasteiger partial charge in [0.25, 0.3) is 11.6 Å². The first kappa shape index (κ1) is 14.9. The summed E-state index contributed by atoms with van der Waals surface area (Å²) in [7, 11) is 0. The van der Waals surface area contributed by atoms with Gasteiger partial charge in [0, 0.05) is 28.6 Å². The zero-order valence-corrected chi connectivity index (χ0v) is 12.1. The molecule has 0 fully saturated rings. The lowest BCUT2D eigenvalue weighted by Crippen LogP contribution is -2.12. The molecule has 2 aromatic rings. The number of nitrogens with one attached hydrogen (secondary N) is 1. The van der Waals surface area contributed by atoms with Gasteiger partial charge in [-0.25, -0.2) is 4.98 Å². The molecule has 1 aromatic carbocycles. The number of amides is 1. The van der Waals surface area contributed by atoms with Crippen LogP contribution < -0.4 is 5.32 Å². The van der Waals surface area contributed by atoms with Crippen LogP contribution in [-0.4, -0.2) is 15.8 Å². The van der Waals surface area contributed by atoms with Crippen molar-refractivity contribution >= 4 is 28.9 Å². The predicted molar refractivity (Wildman–Crippen MR) is 79.8 cm³/mol. The molecule has 0 bridgehead atoms. The van der Waals surface area contributed by atoms with Crippen LogP contribution in [0, 0.1) is 24.0 Å². The fourth-order valence-electron chi connectivity index (χ4n) is 1.90. The average Bonchev–Trinajstić information content (AvgIpc) is 2.37.